The second kappa shape index (κ2) is 3.09. The van der Waals surface area contributed by atoms with E-state index in [1.54, 1.807) is 0 Å². The first-order chi connectivity index (χ1) is 6.61. The Morgan fingerprint density at radius 3 is 3.07 bits per heavy atom. The van der Waals surface area contributed by atoms with Gasteiger partial charge in [0.1, 0.15) is 11.9 Å². The molecular formula is C9H13N3O2. The van der Waals surface area contributed by atoms with Crippen molar-refractivity contribution in [2.45, 2.75) is 32.4 Å². The molecule has 0 saturated carbocycles. The van der Waals surface area contributed by atoms with Crippen molar-refractivity contribution in [3.8, 4) is 0 Å². The van der Waals surface area contributed by atoms with E-state index >= 15 is 0 Å². The van der Waals surface area contributed by atoms with Crippen LogP contribution in [0.5, 0.6) is 0 Å². The van der Waals surface area contributed by atoms with E-state index in [-0.39, 0.29) is 0 Å². The molecule has 1 aliphatic heterocycles. The van der Waals surface area contributed by atoms with Crippen LogP contribution in [0, 0.1) is 6.92 Å². The van der Waals surface area contributed by atoms with Crippen molar-refractivity contribution in [1.82, 2.24) is 9.55 Å². The Hall–Kier alpha value is -1.36. The van der Waals surface area contributed by atoms with Gasteiger partial charge in [-0.05, 0) is 13.3 Å². The highest BCUT2D eigenvalue weighted by Gasteiger charge is 2.26. The standard InChI is InChI=1S/C9H13N3O2/c1-5-8(7(10)9(13)14)12-4-2-3-6(12)11-5/h7H,2-4,10H2,1H3,(H,13,14). The van der Waals surface area contributed by atoms with E-state index in [2.05, 4.69) is 4.98 Å². The lowest BCUT2D eigenvalue weighted by atomic mass is 10.2. The highest BCUT2D eigenvalue weighted by molar-refractivity contribution is 5.75. The number of hydrogen-bond acceptors (Lipinski definition) is 3. The van der Waals surface area contributed by atoms with Crippen LogP contribution in [0.25, 0.3) is 0 Å². The van der Waals surface area contributed by atoms with Crippen molar-refractivity contribution in [2.24, 2.45) is 5.73 Å². The zero-order valence-electron chi connectivity index (χ0n) is 8.03. The molecule has 0 spiro atoms. The van der Waals surface area contributed by atoms with Gasteiger partial charge in [-0.25, -0.2) is 4.98 Å². The Labute approximate surface area is 81.5 Å². The summed E-state index contributed by atoms with van der Waals surface area (Å²) in [5.41, 5.74) is 7.00. The SMILES string of the molecule is Cc1nc2n(c1C(N)C(=O)O)CCC2. The molecule has 1 unspecified atom stereocenters. The van der Waals surface area contributed by atoms with E-state index in [0.717, 1.165) is 30.9 Å². The fourth-order valence-electron chi connectivity index (χ4n) is 1.99. The van der Waals surface area contributed by atoms with E-state index in [4.69, 9.17) is 10.8 Å². The fourth-order valence-corrected chi connectivity index (χ4v) is 1.99. The Bertz CT molecular complexity index is 384. The Morgan fingerprint density at radius 2 is 2.43 bits per heavy atom. The van der Waals surface area contributed by atoms with Gasteiger partial charge in [-0.1, -0.05) is 0 Å². The molecule has 0 bridgehead atoms. The molecule has 5 nitrogen and oxygen atoms in total. The number of hydrogen-bond donors (Lipinski definition) is 2. The maximum Gasteiger partial charge on any atom is 0.326 e. The number of aromatic nitrogens is 2. The number of aliphatic carboxylic acids is 1. The summed E-state index contributed by atoms with van der Waals surface area (Å²) >= 11 is 0. The lowest BCUT2D eigenvalue weighted by Gasteiger charge is -2.09. The molecule has 0 radical (unpaired) electrons. The van der Waals surface area contributed by atoms with E-state index < -0.39 is 12.0 Å². The molecule has 0 aliphatic carbocycles. The molecule has 1 aromatic rings. The van der Waals surface area contributed by atoms with Crippen LogP contribution >= 0.6 is 0 Å². The highest BCUT2D eigenvalue weighted by Crippen LogP contribution is 2.23. The molecule has 0 saturated heterocycles. The molecule has 1 aromatic heterocycles. The first-order valence-electron chi connectivity index (χ1n) is 4.65. The van der Waals surface area contributed by atoms with Crippen LogP contribution < -0.4 is 5.73 Å². The maximum atomic E-state index is 10.8. The van der Waals surface area contributed by atoms with Crippen molar-refractivity contribution < 1.29 is 9.90 Å². The Morgan fingerprint density at radius 1 is 1.71 bits per heavy atom. The number of nitrogens with zero attached hydrogens (tertiary/aromatic N) is 2. The van der Waals surface area contributed by atoms with Gasteiger partial charge in [-0.3, -0.25) is 4.79 Å². The summed E-state index contributed by atoms with van der Waals surface area (Å²) < 4.78 is 1.94. The molecule has 0 aromatic carbocycles. The van der Waals surface area contributed by atoms with Gasteiger partial charge in [0.25, 0.3) is 0 Å². The third-order valence-corrected chi connectivity index (χ3v) is 2.61. The second-order valence-corrected chi connectivity index (χ2v) is 3.57. The molecule has 14 heavy (non-hydrogen) atoms. The van der Waals surface area contributed by atoms with Crippen LogP contribution in [0.1, 0.15) is 29.7 Å². The number of carboxylic acid groups (broad SMARTS) is 1. The average molecular weight is 195 g/mol. The largest absolute Gasteiger partial charge is 0.480 e. The zero-order valence-corrected chi connectivity index (χ0v) is 8.03. The topological polar surface area (TPSA) is 81.1 Å². The van der Waals surface area contributed by atoms with E-state index in [9.17, 15) is 4.79 Å². The Balaban J connectivity index is 2.46. The van der Waals surface area contributed by atoms with Gasteiger partial charge in [0.15, 0.2) is 0 Å². The molecule has 3 N–H and O–H groups in total. The second-order valence-electron chi connectivity index (χ2n) is 3.57. The minimum atomic E-state index is -0.997. The van der Waals surface area contributed by atoms with Crippen LogP contribution in [0.15, 0.2) is 0 Å². The summed E-state index contributed by atoms with van der Waals surface area (Å²) in [6.45, 7) is 2.65. The molecule has 0 amide bonds. The smallest absolute Gasteiger partial charge is 0.326 e. The molecule has 1 atom stereocenters. The minimum absolute atomic E-state index is 0.657. The summed E-state index contributed by atoms with van der Waals surface area (Å²) in [4.78, 5) is 15.1. The van der Waals surface area contributed by atoms with Gasteiger partial charge in [0, 0.05) is 13.0 Å². The number of imidazole rings is 1. The van der Waals surface area contributed by atoms with Crippen LogP contribution in [-0.2, 0) is 17.8 Å². The normalized spacial score (nSPS) is 16.7. The average Bonchev–Trinajstić information content (AvgIpc) is 2.62. The molecular weight excluding hydrogens is 182 g/mol. The van der Waals surface area contributed by atoms with E-state index in [1.807, 2.05) is 11.5 Å². The molecule has 76 valence electrons. The van der Waals surface area contributed by atoms with Crippen LogP contribution in [0.2, 0.25) is 0 Å². The van der Waals surface area contributed by atoms with E-state index in [0.29, 0.717) is 5.69 Å². The molecule has 2 rings (SSSR count). The van der Waals surface area contributed by atoms with E-state index in [1.165, 1.54) is 0 Å². The monoisotopic (exact) mass is 195 g/mol. The number of rotatable bonds is 2. The first-order valence-corrected chi connectivity index (χ1v) is 4.65. The highest BCUT2D eigenvalue weighted by atomic mass is 16.4. The molecule has 0 fully saturated rings. The summed E-state index contributed by atoms with van der Waals surface area (Å²) in [6.07, 6.45) is 1.95. The third kappa shape index (κ3) is 1.21. The van der Waals surface area contributed by atoms with Crippen molar-refractivity contribution >= 4 is 5.97 Å². The van der Waals surface area contributed by atoms with Gasteiger partial charge >= 0.3 is 5.97 Å². The predicted molar refractivity (Wildman–Crippen MR) is 49.8 cm³/mol. The summed E-state index contributed by atoms with van der Waals surface area (Å²) in [5, 5.41) is 8.84. The number of nitrogens with two attached hydrogens (primary N) is 1. The summed E-state index contributed by atoms with van der Waals surface area (Å²) in [7, 11) is 0. The van der Waals surface area contributed by atoms with Crippen LogP contribution in [-0.4, -0.2) is 20.6 Å². The van der Waals surface area contributed by atoms with Gasteiger partial charge in [-0.2, -0.15) is 0 Å². The van der Waals surface area contributed by atoms with Gasteiger partial charge in [-0.15, -0.1) is 0 Å². The zero-order chi connectivity index (χ0) is 10.3. The van der Waals surface area contributed by atoms with Gasteiger partial charge in [0.05, 0.1) is 11.4 Å². The lowest BCUT2D eigenvalue weighted by molar-refractivity contribution is -0.138. The van der Waals surface area contributed by atoms with Crippen LogP contribution in [0.4, 0.5) is 0 Å². The molecule has 1 aliphatic rings. The maximum absolute atomic E-state index is 10.8. The number of carboxylic acids is 1. The van der Waals surface area contributed by atoms with Crippen LogP contribution in [0.3, 0.4) is 0 Å². The number of carbonyl (C=O) groups is 1. The fraction of sp³-hybridized carbons (Fsp3) is 0.556. The van der Waals surface area contributed by atoms with Crippen molar-refractivity contribution in [3.63, 3.8) is 0 Å². The number of aryl methyl sites for hydroxylation is 2. The van der Waals surface area contributed by atoms with Crippen molar-refractivity contribution in [1.29, 1.82) is 0 Å². The Kier molecular flexibility index (Phi) is 2.03. The molecule has 5 heteroatoms. The first kappa shape index (κ1) is 9.21. The molecule has 2 heterocycles. The summed E-state index contributed by atoms with van der Waals surface area (Å²) in [6, 6.07) is -0.950. The van der Waals surface area contributed by atoms with Crippen molar-refractivity contribution in [3.05, 3.63) is 17.2 Å². The lowest BCUT2D eigenvalue weighted by Crippen LogP contribution is -2.24. The quantitative estimate of drug-likeness (QED) is 0.707. The van der Waals surface area contributed by atoms with Gasteiger partial charge < -0.3 is 15.4 Å². The number of fused-ring (bicyclic) bond motifs is 1. The third-order valence-electron chi connectivity index (χ3n) is 2.61. The predicted octanol–water partition coefficient (Wildman–Crippen LogP) is 0.222. The summed E-state index contributed by atoms with van der Waals surface area (Å²) in [5.74, 6) is -0.0306. The van der Waals surface area contributed by atoms with Crippen molar-refractivity contribution in [2.75, 3.05) is 0 Å². The van der Waals surface area contributed by atoms with Gasteiger partial charge in [0.2, 0.25) is 0 Å². The minimum Gasteiger partial charge on any atom is -0.480 e.